The molecule has 0 spiro atoms. The molecule has 0 fully saturated rings. The number of amides is 1. The molecule has 3 nitrogen and oxygen atoms in total. The number of ether oxygens (including phenoxy) is 1. The quantitative estimate of drug-likeness (QED) is 0.367. The van der Waals surface area contributed by atoms with Crippen LogP contribution in [0.15, 0.2) is 12.7 Å². The summed E-state index contributed by atoms with van der Waals surface area (Å²) in [6.45, 7) is 5.48. The zero-order valence-corrected chi connectivity index (χ0v) is 11.0. The molecule has 0 heterocycles. The molecule has 0 rings (SSSR count). The second-order valence-electron chi connectivity index (χ2n) is 3.27. The van der Waals surface area contributed by atoms with Crippen LogP contribution in [0.1, 0.15) is 19.3 Å². The lowest BCUT2D eigenvalue weighted by Crippen LogP contribution is -2.33. The zero-order chi connectivity index (χ0) is 11.5. The number of methoxy groups -OCH3 is 1. The molecular weight excluding hydrogens is 258 g/mol. The highest BCUT2D eigenvalue weighted by atomic mass is 79.9. The highest BCUT2D eigenvalue weighted by Gasteiger charge is 2.10. The largest absolute Gasteiger partial charge is 0.383 e. The Morgan fingerprint density at radius 3 is 2.80 bits per heavy atom. The molecule has 0 N–H and O–H groups in total. The molecule has 0 aliphatic rings. The normalized spacial score (nSPS) is 10.0. The summed E-state index contributed by atoms with van der Waals surface area (Å²) in [5.74, 6) is 0.188. The third-order valence-corrected chi connectivity index (χ3v) is 2.60. The maximum Gasteiger partial charge on any atom is 0.222 e. The van der Waals surface area contributed by atoms with Gasteiger partial charge in [-0.3, -0.25) is 4.79 Å². The summed E-state index contributed by atoms with van der Waals surface area (Å²) in [4.78, 5) is 13.5. The van der Waals surface area contributed by atoms with Crippen molar-refractivity contribution < 1.29 is 9.53 Å². The first kappa shape index (κ1) is 14.6. The fourth-order valence-electron chi connectivity index (χ4n) is 1.20. The Morgan fingerprint density at radius 2 is 2.27 bits per heavy atom. The molecule has 88 valence electrons. The van der Waals surface area contributed by atoms with Gasteiger partial charge < -0.3 is 9.64 Å². The average Bonchev–Trinajstić information content (AvgIpc) is 2.24. The van der Waals surface area contributed by atoms with Crippen molar-refractivity contribution in [2.75, 3.05) is 32.1 Å². The van der Waals surface area contributed by atoms with Crippen molar-refractivity contribution in [3.05, 3.63) is 12.7 Å². The van der Waals surface area contributed by atoms with Crippen molar-refractivity contribution >= 4 is 21.8 Å². The predicted octanol–water partition coefficient (Wildman–Crippen LogP) is 2.21. The number of carbonyl (C=O) groups excluding carboxylic acids is 1. The van der Waals surface area contributed by atoms with Gasteiger partial charge in [0.2, 0.25) is 5.91 Å². The molecule has 1 amide bonds. The van der Waals surface area contributed by atoms with Gasteiger partial charge in [0.05, 0.1) is 6.61 Å². The van der Waals surface area contributed by atoms with E-state index in [0.717, 1.165) is 18.2 Å². The average molecular weight is 278 g/mol. The fourth-order valence-corrected chi connectivity index (χ4v) is 1.60. The third-order valence-electron chi connectivity index (χ3n) is 2.04. The zero-order valence-electron chi connectivity index (χ0n) is 9.38. The summed E-state index contributed by atoms with van der Waals surface area (Å²) in [5, 5.41) is 0.958. The number of hydrogen-bond acceptors (Lipinski definition) is 2. The van der Waals surface area contributed by atoms with E-state index in [1.807, 2.05) is 0 Å². The number of nitrogens with zero attached hydrogens (tertiary/aromatic N) is 1. The van der Waals surface area contributed by atoms with Gasteiger partial charge in [-0.05, 0) is 12.8 Å². The molecule has 0 aromatic rings. The van der Waals surface area contributed by atoms with Crippen LogP contribution in [0.5, 0.6) is 0 Å². The van der Waals surface area contributed by atoms with Crippen LogP contribution in [0.3, 0.4) is 0 Å². The molecule has 0 aromatic carbocycles. The molecule has 0 aromatic heterocycles. The predicted molar refractivity (Wildman–Crippen MR) is 66.3 cm³/mol. The first-order valence-corrected chi connectivity index (χ1v) is 6.32. The SMILES string of the molecule is C=CCN(CCOC)C(=O)CCCCBr. The number of halogens is 1. The van der Waals surface area contributed by atoms with Crippen LogP contribution >= 0.6 is 15.9 Å². The van der Waals surface area contributed by atoms with Crippen LogP contribution in [0.4, 0.5) is 0 Å². The molecule has 0 bridgehead atoms. The molecular formula is C11H20BrNO2. The van der Waals surface area contributed by atoms with Gasteiger partial charge >= 0.3 is 0 Å². The van der Waals surface area contributed by atoms with Crippen molar-refractivity contribution in [2.45, 2.75) is 19.3 Å². The van der Waals surface area contributed by atoms with E-state index in [-0.39, 0.29) is 5.91 Å². The summed E-state index contributed by atoms with van der Waals surface area (Å²) in [6.07, 6.45) is 4.34. The van der Waals surface area contributed by atoms with E-state index in [1.54, 1.807) is 18.1 Å². The van der Waals surface area contributed by atoms with Crippen LogP contribution in [0.25, 0.3) is 0 Å². The van der Waals surface area contributed by atoms with Crippen LogP contribution in [-0.4, -0.2) is 42.9 Å². The van der Waals surface area contributed by atoms with E-state index < -0.39 is 0 Å². The Hall–Kier alpha value is -0.350. The number of alkyl halides is 1. The Bertz CT molecular complexity index is 185. The van der Waals surface area contributed by atoms with Gasteiger partial charge in [-0.2, -0.15) is 0 Å². The maximum absolute atomic E-state index is 11.7. The fraction of sp³-hybridized carbons (Fsp3) is 0.727. The van der Waals surface area contributed by atoms with Gasteiger partial charge in [0.25, 0.3) is 0 Å². The molecule has 0 saturated heterocycles. The van der Waals surface area contributed by atoms with Gasteiger partial charge in [0.15, 0.2) is 0 Å². The molecule has 0 aliphatic heterocycles. The van der Waals surface area contributed by atoms with Gasteiger partial charge in [-0.15, -0.1) is 6.58 Å². The monoisotopic (exact) mass is 277 g/mol. The lowest BCUT2D eigenvalue weighted by molar-refractivity contribution is -0.131. The Balaban J connectivity index is 3.86. The maximum atomic E-state index is 11.7. The number of unbranched alkanes of at least 4 members (excludes halogenated alkanes) is 1. The van der Waals surface area contributed by atoms with E-state index in [9.17, 15) is 4.79 Å². The summed E-state index contributed by atoms with van der Waals surface area (Å²) < 4.78 is 4.96. The Morgan fingerprint density at radius 1 is 1.53 bits per heavy atom. The van der Waals surface area contributed by atoms with Crippen molar-refractivity contribution in [3.8, 4) is 0 Å². The Labute approximate surface area is 101 Å². The summed E-state index contributed by atoms with van der Waals surface area (Å²) in [5.41, 5.74) is 0. The summed E-state index contributed by atoms with van der Waals surface area (Å²) in [7, 11) is 1.64. The molecule has 0 unspecified atom stereocenters. The third kappa shape index (κ3) is 7.56. The van der Waals surface area contributed by atoms with Gasteiger partial charge in [0, 0.05) is 32.0 Å². The lowest BCUT2D eigenvalue weighted by Gasteiger charge is -2.20. The molecule has 0 radical (unpaired) electrons. The van der Waals surface area contributed by atoms with Gasteiger partial charge in [0.1, 0.15) is 0 Å². The highest BCUT2D eigenvalue weighted by Crippen LogP contribution is 2.03. The second kappa shape index (κ2) is 10.2. The van der Waals surface area contributed by atoms with E-state index in [0.29, 0.717) is 26.1 Å². The topological polar surface area (TPSA) is 29.5 Å². The van der Waals surface area contributed by atoms with Crippen LogP contribution in [0, 0.1) is 0 Å². The van der Waals surface area contributed by atoms with E-state index in [4.69, 9.17) is 4.74 Å². The minimum Gasteiger partial charge on any atom is -0.383 e. The minimum absolute atomic E-state index is 0.188. The molecule has 15 heavy (non-hydrogen) atoms. The smallest absolute Gasteiger partial charge is 0.222 e. The lowest BCUT2D eigenvalue weighted by atomic mass is 10.2. The molecule has 0 saturated carbocycles. The first-order valence-electron chi connectivity index (χ1n) is 5.19. The first-order chi connectivity index (χ1) is 7.26. The Kier molecular flexibility index (Phi) is 9.94. The van der Waals surface area contributed by atoms with Crippen molar-refractivity contribution in [2.24, 2.45) is 0 Å². The molecule has 4 heteroatoms. The summed E-state index contributed by atoms with van der Waals surface area (Å²) >= 11 is 3.35. The second-order valence-corrected chi connectivity index (χ2v) is 4.06. The molecule has 0 atom stereocenters. The van der Waals surface area contributed by atoms with Crippen molar-refractivity contribution in [1.29, 1.82) is 0 Å². The summed E-state index contributed by atoms with van der Waals surface area (Å²) in [6, 6.07) is 0. The van der Waals surface area contributed by atoms with Crippen molar-refractivity contribution in [1.82, 2.24) is 4.90 Å². The van der Waals surface area contributed by atoms with E-state index in [2.05, 4.69) is 22.5 Å². The van der Waals surface area contributed by atoms with E-state index >= 15 is 0 Å². The highest BCUT2D eigenvalue weighted by molar-refractivity contribution is 9.09. The number of carbonyl (C=O) groups is 1. The number of hydrogen-bond donors (Lipinski definition) is 0. The van der Waals surface area contributed by atoms with Crippen LogP contribution in [0.2, 0.25) is 0 Å². The number of rotatable bonds is 9. The van der Waals surface area contributed by atoms with E-state index in [1.165, 1.54) is 0 Å². The van der Waals surface area contributed by atoms with Crippen LogP contribution in [-0.2, 0) is 9.53 Å². The van der Waals surface area contributed by atoms with Gasteiger partial charge in [-0.25, -0.2) is 0 Å². The van der Waals surface area contributed by atoms with Gasteiger partial charge in [-0.1, -0.05) is 22.0 Å². The molecule has 0 aliphatic carbocycles. The van der Waals surface area contributed by atoms with Crippen molar-refractivity contribution in [3.63, 3.8) is 0 Å². The minimum atomic E-state index is 0.188. The standard InChI is InChI=1S/C11H20BrNO2/c1-3-8-13(9-10-15-2)11(14)6-4-5-7-12/h3H,1,4-10H2,2H3. The van der Waals surface area contributed by atoms with Crippen LogP contribution < -0.4 is 0 Å².